The van der Waals surface area contributed by atoms with Gasteiger partial charge in [0.15, 0.2) is 0 Å². The highest BCUT2D eigenvalue weighted by Crippen LogP contribution is 2.25. The fraction of sp³-hybridized carbons (Fsp3) is 0.647. The SMILES string of the molecule is CC(C)(C)NCc1ccc(OCCN2CCCC2)c(Cl)c1. The minimum atomic E-state index is 0.109. The molecule has 0 spiro atoms. The minimum Gasteiger partial charge on any atom is -0.491 e. The van der Waals surface area contributed by atoms with Crippen LogP contribution in [0.2, 0.25) is 5.02 Å². The van der Waals surface area contributed by atoms with E-state index in [1.54, 1.807) is 0 Å². The Morgan fingerprint density at radius 3 is 2.57 bits per heavy atom. The van der Waals surface area contributed by atoms with Crippen LogP contribution in [0.5, 0.6) is 5.75 Å². The zero-order chi connectivity index (χ0) is 15.3. The largest absolute Gasteiger partial charge is 0.491 e. The van der Waals surface area contributed by atoms with E-state index < -0.39 is 0 Å². The molecule has 2 rings (SSSR count). The van der Waals surface area contributed by atoms with Crippen LogP contribution in [0.4, 0.5) is 0 Å². The summed E-state index contributed by atoms with van der Waals surface area (Å²) in [7, 11) is 0. The highest BCUT2D eigenvalue weighted by atomic mass is 35.5. The van der Waals surface area contributed by atoms with Gasteiger partial charge in [-0.25, -0.2) is 0 Å². The van der Waals surface area contributed by atoms with Gasteiger partial charge in [0.2, 0.25) is 0 Å². The van der Waals surface area contributed by atoms with Crippen LogP contribution < -0.4 is 10.1 Å². The van der Waals surface area contributed by atoms with Crippen LogP contribution in [-0.2, 0) is 6.54 Å². The zero-order valence-corrected chi connectivity index (χ0v) is 14.2. The van der Waals surface area contributed by atoms with Gasteiger partial charge in [0, 0.05) is 18.6 Å². The summed E-state index contributed by atoms with van der Waals surface area (Å²) in [6.45, 7) is 11.4. The van der Waals surface area contributed by atoms with E-state index in [1.165, 1.54) is 31.5 Å². The van der Waals surface area contributed by atoms with E-state index in [4.69, 9.17) is 16.3 Å². The third kappa shape index (κ3) is 5.85. The molecule has 0 saturated carbocycles. The number of likely N-dealkylation sites (tertiary alicyclic amines) is 1. The monoisotopic (exact) mass is 310 g/mol. The molecule has 1 aliphatic rings. The Balaban J connectivity index is 1.80. The quantitative estimate of drug-likeness (QED) is 0.867. The molecule has 1 N–H and O–H groups in total. The summed E-state index contributed by atoms with van der Waals surface area (Å²) in [5.74, 6) is 0.787. The van der Waals surface area contributed by atoms with Crippen LogP contribution in [0.1, 0.15) is 39.2 Å². The molecule has 0 aromatic heterocycles. The Morgan fingerprint density at radius 1 is 1.24 bits per heavy atom. The highest BCUT2D eigenvalue weighted by Gasteiger charge is 2.12. The average Bonchev–Trinajstić information content (AvgIpc) is 2.91. The van der Waals surface area contributed by atoms with Crippen molar-refractivity contribution < 1.29 is 4.74 Å². The van der Waals surface area contributed by atoms with E-state index in [0.29, 0.717) is 11.6 Å². The first kappa shape index (κ1) is 16.6. The Labute approximate surface area is 133 Å². The maximum absolute atomic E-state index is 6.31. The summed E-state index contributed by atoms with van der Waals surface area (Å²) in [4.78, 5) is 2.44. The van der Waals surface area contributed by atoms with Gasteiger partial charge >= 0.3 is 0 Å². The predicted octanol–water partition coefficient (Wildman–Crippen LogP) is 3.70. The second kappa shape index (κ2) is 7.48. The maximum atomic E-state index is 6.31. The van der Waals surface area contributed by atoms with Gasteiger partial charge in [-0.2, -0.15) is 0 Å². The first-order chi connectivity index (χ1) is 9.94. The summed E-state index contributed by atoms with van der Waals surface area (Å²) in [6, 6.07) is 6.05. The second-order valence-electron chi connectivity index (χ2n) is 6.77. The standard InChI is InChI=1S/C17H27ClN2O/c1-17(2,3)19-13-14-6-7-16(15(18)12-14)21-11-10-20-8-4-5-9-20/h6-7,12,19H,4-5,8-11,13H2,1-3H3. The van der Waals surface area contributed by atoms with Crippen molar-refractivity contribution in [3.05, 3.63) is 28.8 Å². The second-order valence-corrected chi connectivity index (χ2v) is 7.17. The molecule has 118 valence electrons. The third-order valence-electron chi connectivity index (χ3n) is 3.68. The molecule has 1 aromatic carbocycles. The molecule has 1 fully saturated rings. The number of ether oxygens (including phenoxy) is 1. The van der Waals surface area contributed by atoms with Gasteiger partial charge in [-0.1, -0.05) is 17.7 Å². The van der Waals surface area contributed by atoms with Gasteiger partial charge in [-0.3, -0.25) is 4.90 Å². The lowest BCUT2D eigenvalue weighted by molar-refractivity contribution is 0.238. The van der Waals surface area contributed by atoms with Crippen molar-refractivity contribution in [2.75, 3.05) is 26.2 Å². The summed E-state index contributed by atoms with van der Waals surface area (Å²) in [6.07, 6.45) is 2.63. The van der Waals surface area contributed by atoms with Gasteiger partial charge in [0.25, 0.3) is 0 Å². The van der Waals surface area contributed by atoms with Crippen LogP contribution in [0.25, 0.3) is 0 Å². The smallest absolute Gasteiger partial charge is 0.137 e. The number of nitrogens with zero attached hydrogens (tertiary/aromatic N) is 1. The maximum Gasteiger partial charge on any atom is 0.137 e. The molecular weight excluding hydrogens is 284 g/mol. The topological polar surface area (TPSA) is 24.5 Å². The van der Waals surface area contributed by atoms with Gasteiger partial charge in [0.1, 0.15) is 12.4 Å². The molecule has 1 aliphatic heterocycles. The molecule has 1 heterocycles. The predicted molar refractivity (Wildman–Crippen MR) is 89.2 cm³/mol. The fourth-order valence-corrected chi connectivity index (χ4v) is 2.69. The molecule has 4 heteroatoms. The molecule has 1 saturated heterocycles. The summed E-state index contributed by atoms with van der Waals surface area (Å²) >= 11 is 6.31. The molecule has 0 atom stereocenters. The highest BCUT2D eigenvalue weighted by molar-refractivity contribution is 6.32. The fourth-order valence-electron chi connectivity index (χ4n) is 2.43. The first-order valence-electron chi connectivity index (χ1n) is 7.83. The summed E-state index contributed by atoms with van der Waals surface area (Å²) in [5, 5.41) is 4.16. The normalized spacial score (nSPS) is 16.4. The lowest BCUT2D eigenvalue weighted by atomic mass is 10.1. The van der Waals surface area contributed by atoms with Crippen LogP contribution in [0.3, 0.4) is 0 Å². The van der Waals surface area contributed by atoms with Crippen molar-refractivity contribution in [1.29, 1.82) is 0 Å². The van der Waals surface area contributed by atoms with E-state index in [2.05, 4.69) is 37.1 Å². The van der Waals surface area contributed by atoms with Crippen molar-refractivity contribution in [2.45, 2.75) is 45.7 Å². The minimum absolute atomic E-state index is 0.109. The lowest BCUT2D eigenvalue weighted by Gasteiger charge is -2.21. The Morgan fingerprint density at radius 2 is 1.95 bits per heavy atom. The number of rotatable bonds is 6. The van der Waals surface area contributed by atoms with Gasteiger partial charge in [0.05, 0.1) is 5.02 Å². The van der Waals surface area contributed by atoms with E-state index in [9.17, 15) is 0 Å². The lowest BCUT2D eigenvalue weighted by Crippen LogP contribution is -2.35. The molecule has 0 aliphatic carbocycles. The summed E-state index contributed by atoms with van der Waals surface area (Å²) < 4.78 is 5.81. The van der Waals surface area contributed by atoms with E-state index in [1.807, 2.05) is 12.1 Å². The van der Waals surface area contributed by atoms with Crippen molar-refractivity contribution in [3.8, 4) is 5.75 Å². The van der Waals surface area contributed by atoms with Crippen LogP contribution in [0, 0.1) is 0 Å². The Kier molecular flexibility index (Phi) is 5.91. The first-order valence-corrected chi connectivity index (χ1v) is 8.20. The van der Waals surface area contributed by atoms with E-state index >= 15 is 0 Å². The van der Waals surface area contributed by atoms with Gasteiger partial charge in [-0.05, 0) is 64.4 Å². The average molecular weight is 311 g/mol. The Hall–Kier alpha value is -0.770. The molecule has 0 bridgehead atoms. The zero-order valence-electron chi connectivity index (χ0n) is 13.4. The summed E-state index contributed by atoms with van der Waals surface area (Å²) in [5.41, 5.74) is 1.29. The third-order valence-corrected chi connectivity index (χ3v) is 3.98. The molecule has 0 radical (unpaired) electrons. The van der Waals surface area contributed by atoms with E-state index in [0.717, 1.165) is 18.8 Å². The molecule has 21 heavy (non-hydrogen) atoms. The van der Waals surface area contributed by atoms with Crippen LogP contribution >= 0.6 is 11.6 Å². The van der Waals surface area contributed by atoms with Crippen molar-refractivity contribution in [3.63, 3.8) is 0 Å². The van der Waals surface area contributed by atoms with Gasteiger partial charge < -0.3 is 10.1 Å². The molecule has 1 aromatic rings. The number of hydrogen-bond donors (Lipinski definition) is 1. The number of benzene rings is 1. The van der Waals surface area contributed by atoms with Crippen molar-refractivity contribution in [2.24, 2.45) is 0 Å². The van der Waals surface area contributed by atoms with Crippen molar-refractivity contribution in [1.82, 2.24) is 10.2 Å². The number of halogens is 1. The van der Waals surface area contributed by atoms with Crippen LogP contribution in [0.15, 0.2) is 18.2 Å². The number of nitrogens with one attached hydrogen (secondary N) is 1. The molecular formula is C17H27ClN2O. The molecule has 0 amide bonds. The van der Waals surface area contributed by atoms with Crippen molar-refractivity contribution >= 4 is 11.6 Å². The van der Waals surface area contributed by atoms with Gasteiger partial charge in [-0.15, -0.1) is 0 Å². The molecule has 3 nitrogen and oxygen atoms in total. The van der Waals surface area contributed by atoms with Crippen LogP contribution in [-0.4, -0.2) is 36.7 Å². The van der Waals surface area contributed by atoms with E-state index in [-0.39, 0.29) is 5.54 Å². The Bertz CT molecular complexity index is 451. The molecule has 0 unspecified atom stereocenters. The number of hydrogen-bond acceptors (Lipinski definition) is 3.